The first kappa shape index (κ1) is 26.2. The van der Waals surface area contributed by atoms with Gasteiger partial charge in [-0.05, 0) is 62.1 Å². The van der Waals surface area contributed by atoms with Crippen molar-refractivity contribution in [1.29, 1.82) is 0 Å². The van der Waals surface area contributed by atoms with Crippen molar-refractivity contribution in [3.8, 4) is 5.69 Å². The molecule has 3 N–H and O–H groups in total. The number of halogens is 2. The fourth-order valence-corrected chi connectivity index (χ4v) is 5.52. The van der Waals surface area contributed by atoms with E-state index in [4.69, 9.17) is 0 Å². The molecule has 1 aliphatic carbocycles. The smallest absolute Gasteiger partial charge is 0.337 e. The van der Waals surface area contributed by atoms with E-state index in [0.29, 0.717) is 31.4 Å². The lowest BCUT2D eigenvalue weighted by Gasteiger charge is -2.30. The number of aromatic carboxylic acids is 1. The van der Waals surface area contributed by atoms with Crippen LogP contribution < -0.4 is 21.9 Å². The molecule has 0 spiro atoms. The van der Waals surface area contributed by atoms with E-state index in [9.17, 15) is 33.1 Å². The number of allylic oxidation sites excluding steroid dienone is 2. The number of carboxylic acids is 1. The number of nitrogens with zero attached hydrogens (tertiary/aromatic N) is 4. The molecule has 3 aromatic rings. The molecule has 1 fully saturated rings. The van der Waals surface area contributed by atoms with E-state index in [2.05, 4.69) is 15.6 Å². The quantitative estimate of drug-likeness (QED) is 0.431. The standard InChI is InChI=1S/C28H24F2N6O5/c29-16-4-9-23-33-22(14-34(23)13-16)25(37)32-18-5-7-19(8-6-18)36-26(38)21-11-17(30)12-31-24(21)35(28(36)41)20-3-1-2-15(10-20)27(39)40/h1-4,9-14,18-19,23,33H,5-8H2,(H,32,37)(H,39,40)/t18?,19?,23-/m0/s1. The second kappa shape index (κ2) is 10.2. The molecule has 6 rings (SSSR count). The lowest BCUT2D eigenvalue weighted by Crippen LogP contribution is -2.46. The molecule has 0 radical (unpaired) electrons. The summed E-state index contributed by atoms with van der Waals surface area (Å²) >= 11 is 0. The highest BCUT2D eigenvalue weighted by molar-refractivity contribution is 5.93. The van der Waals surface area contributed by atoms with Crippen molar-refractivity contribution in [2.24, 2.45) is 0 Å². The molecular formula is C28H24F2N6O5. The van der Waals surface area contributed by atoms with Gasteiger partial charge in [-0.15, -0.1) is 0 Å². The van der Waals surface area contributed by atoms with E-state index in [0.717, 1.165) is 21.4 Å². The highest BCUT2D eigenvalue weighted by Gasteiger charge is 2.31. The molecule has 0 saturated heterocycles. The summed E-state index contributed by atoms with van der Waals surface area (Å²) < 4.78 is 29.9. The van der Waals surface area contributed by atoms with Gasteiger partial charge in [0.15, 0.2) is 5.65 Å². The Labute approximate surface area is 230 Å². The van der Waals surface area contributed by atoms with Crippen molar-refractivity contribution in [3.63, 3.8) is 0 Å². The Morgan fingerprint density at radius 1 is 1.07 bits per heavy atom. The highest BCUT2D eigenvalue weighted by atomic mass is 19.1. The summed E-state index contributed by atoms with van der Waals surface area (Å²) in [5.74, 6) is -2.72. The largest absolute Gasteiger partial charge is 0.478 e. The van der Waals surface area contributed by atoms with Crippen LogP contribution in [0.4, 0.5) is 8.78 Å². The van der Waals surface area contributed by atoms with Crippen LogP contribution in [0, 0.1) is 5.82 Å². The zero-order valence-corrected chi connectivity index (χ0v) is 21.5. The van der Waals surface area contributed by atoms with Crippen molar-refractivity contribution in [2.75, 3.05) is 0 Å². The van der Waals surface area contributed by atoms with Gasteiger partial charge in [-0.3, -0.25) is 14.2 Å². The minimum Gasteiger partial charge on any atom is -0.478 e. The molecule has 11 nitrogen and oxygen atoms in total. The van der Waals surface area contributed by atoms with Gasteiger partial charge < -0.3 is 20.6 Å². The number of fused-ring (bicyclic) bond motifs is 2. The zero-order chi connectivity index (χ0) is 28.8. The lowest BCUT2D eigenvalue weighted by atomic mass is 9.90. The van der Waals surface area contributed by atoms with E-state index in [-0.39, 0.29) is 40.4 Å². The fourth-order valence-electron chi connectivity index (χ4n) is 5.52. The molecule has 1 aromatic carbocycles. The third-order valence-electron chi connectivity index (χ3n) is 7.50. The Kier molecular flexibility index (Phi) is 6.48. The van der Waals surface area contributed by atoms with Gasteiger partial charge in [0.05, 0.1) is 22.8 Å². The topological polar surface area (TPSA) is 139 Å². The highest BCUT2D eigenvalue weighted by Crippen LogP contribution is 2.28. The average Bonchev–Trinajstić information content (AvgIpc) is 3.38. The Hall–Kier alpha value is -5.07. The van der Waals surface area contributed by atoms with E-state index in [1.165, 1.54) is 42.7 Å². The van der Waals surface area contributed by atoms with Crippen LogP contribution in [0.1, 0.15) is 42.1 Å². The number of pyridine rings is 1. The van der Waals surface area contributed by atoms with Crippen molar-refractivity contribution < 1.29 is 23.5 Å². The van der Waals surface area contributed by atoms with Crippen LogP contribution in [0.5, 0.6) is 0 Å². The van der Waals surface area contributed by atoms with Crippen molar-refractivity contribution in [3.05, 3.63) is 105 Å². The van der Waals surface area contributed by atoms with Crippen molar-refractivity contribution >= 4 is 22.9 Å². The molecule has 1 saturated carbocycles. The van der Waals surface area contributed by atoms with Gasteiger partial charge in [0, 0.05) is 24.5 Å². The predicted molar refractivity (Wildman–Crippen MR) is 143 cm³/mol. The first-order valence-electron chi connectivity index (χ1n) is 13.0. The molecule has 3 aliphatic rings. The minimum absolute atomic E-state index is 0.0706. The number of rotatable bonds is 5. The Bertz CT molecular complexity index is 1800. The average molecular weight is 563 g/mol. The van der Waals surface area contributed by atoms with Gasteiger partial charge in [-0.1, -0.05) is 6.07 Å². The number of nitrogens with one attached hydrogen (secondary N) is 2. The Balaban J connectivity index is 1.26. The van der Waals surface area contributed by atoms with Crippen LogP contribution in [0.2, 0.25) is 0 Å². The number of benzene rings is 1. The van der Waals surface area contributed by atoms with Crippen LogP contribution in [-0.4, -0.2) is 48.2 Å². The van der Waals surface area contributed by atoms with Crippen LogP contribution >= 0.6 is 0 Å². The van der Waals surface area contributed by atoms with Gasteiger partial charge in [0.1, 0.15) is 23.5 Å². The van der Waals surface area contributed by atoms with Crippen molar-refractivity contribution in [1.82, 2.24) is 29.7 Å². The number of carbonyl (C=O) groups excluding carboxylic acids is 1. The second-order valence-corrected chi connectivity index (χ2v) is 10.1. The summed E-state index contributed by atoms with van der Waals surface area (Å²) in [5.41, 5.74) is -1.10. The molecule has 210 valence electrons. The summed E-state index contributed by atoms with van der Waals surface area (Å²) in [5, 5.41) is 15.3. The van der Waals surface area contributed by atoms with E-state index in [1.54, 1.807) is 11.0 Å². The van der Waals surface area contributed by atoms with Gasteiger partial charge >= 0.3 is 11.7 Å². The molecule has 0 unspecified atom stereocenters. The maximum atomic E-state index is 14.2. The first-order chi connectivity index (χ1) is 19.7. The molecular weight excluding hydrogens is 538 g/mol. The maximum Gasteiger partial charge on any atom is 0.337 e. The number of hydrogen-bond acceptors (Lipinski definition) is 7. The molecule has 4 heterocycles. The fraction of sp³-hybridized carbons (Fsp3) is 0.250. The molecule has 1 atom stereocenters. The summed E-state index contributed by atoms with van der Waals surface area (Å²) in [6.45, 7) is 0. The number of carboxylic acid groups (broad SMARTS) is 1. The third kappa shape index (κ3) is 4.79. The second-order valence-electron chi connectivity index (χ2n) is 10.1. The number of amides is 1. The summed E-state index contributed by atoms with van der Waals surface area (Å²) in [4.78, 5) is 57.2. The van der Waals surface area contributed by atoms with Crippen LogP contribution in [-0.2, 0) is 4.79 Å². The molecule has 41 heavy (non-hydrogen) atoms. The normalized spacial score (nSPS) is 21.6. The van der Waals surface area contributed by atoms with Gasteiger partial charge in [-0.25, -0.2) is 27.9 Å². The summed E-state index contributed by atoms with van der Waals surface area (Å²) in [6.07, 6.45) is 7.96. The minimum atomic E-state index is -1.20. The zero-order valence-electron chi connectivity index (χ0n) is 21.5. The summed E-state index contributed by atoms with van der Waals surface area (Å²) in [7, 11) is 0. The van der Waals surface area contributed by atoms with E-state index in [1.807, 2.05) is 0 Å². The predicted octanol–water partition coefficient (Wildman–Crippen LogP) is 2.44. The summed E-state index contributed by atoms with van der Waals surface area (Å²) in [6, 6.07) is 5.87. The number of aromatic nitrogens is 3. The van der Waals surface area contributed by atoms with E-state index >= 15 is 0 Å². The van der Waals surface area contributed by atoms with Gasteiger partial charge in [-0.2, -0.15) is 0 Å². The Morgan fingerprint density at radius 3 is 2.61 bits per heavy atom. The van der Waals surface area contributed by atoms with Crippen LogP contribution in [0.3, 0.4) is 0 Å². The molecule has 2 aromatic heterocycles. The number of carbonyl (C=O) groups is 2. The SMILES string of the molecule is O=C(NC1CCC(n2c(=O)c3cc(F)cnc3n(-c3cccc(C(=O)O)c3)c2=O)CC1)C1=CN2C=C(F)C=C[C@H]2N1. The Morgan fingerprint density at radius 2 is 1.85 bits per heavy atom. The molecule has 0 bridgehead atoms. The monoisotopic (exact) mass is 562 g/mol. The maximum absolute atomic E-state index is 14.2. The van der Waals surface area contributed by atoms with Crippen molar-refractivity contribution in [2.45, 2.75) is 43.9 Å². The molecule has 13 heteroatoms. The van der Waals surface area contributed by atoms with E-state index < -0.39 is 34.9 Å². The lowest BCUT2D eigenvalue weighted by molar-refractivity contribution is -0.118. The van der Waals surface area contributed by atoms with Crippen LogP contribution in [0.15, 0.2) is 82.2 Å². The van der Waals surface area contributed by atoms with Gasteiger partial charge in [0.25, 0.3) is 11.5 Å². The third-order valence-corrected chi connectivity index (χ3v) is 7.50. The first-order valence-corrected chi connectivity index (χ1v) is 13.0. The molecule has 1 amide bonds. The molecule has 2 aliphatic heterocycles. The van der Waals surface area contributed by atoms with Gasteiger partial charge in [0.2, 0.25) is 0 Å². The number of hydrogen-bond donors (Lipinski definition) is 3. The van der Waals surface area contributed by atoms with Crippen LogP contribution in [0.25, 0.3) is 16.7 Å².